The summed E-state index contributed by atoms with van der Waals surface area (Å²) in [5.41, 5.74) is 7.34. The second kappa shape index (κ2) is 3.81. The highest BCUT2D eigenvalue weighted by atomic mass is 35.5. The van der Waals surface area contributed by atoms with Crippen LogP contribution in [0.15, 0.2) is 29.6 Å². The summed E-state index contributed by atoms with van der Waals surface area (Å²) < 4.78 is 0. The summed E-state index contributed by atoms with van der Waals surface area (Å²) in [6.45, 7) is 0. The third-order valence-electron chi connectivity index (χ3n) is 1.91. The van der Waals surface area contributed by atoms with Crippen LogP contribution in [0.1, 0.15) is 0 Å². The van der Waals surface area contributed by atoms with Crippen molar-refractivity contribution in [1.82, 2.24) is 0 Å². The van der Waals surface area contributed by atoms with Crippen LogP contribution in [0.25, 0.3) is 10.4 Å². The molecule has 0 aliphatic rings. The van der Waals surface area contributed by atoms with E-state index in [4.69, 9.17) is 28.9 Å². The van der Waals surface area contributed by atoms with E-state index in [2.05, 4.69) is 0 Å². The van der Waals surface area contributed by atoms with E-state index in [-0.39, 0.29) is 0 Å². The molecule has 2 N–H and O–H groups in total. The predicted molar refractivity (Wildman–Crippen MR) is 64.2 cm³/mol. The highest BCUT2D eigenvalue weighted by Gasteiger charge is 2.09. The van der Waals surface area contributed by atoms with Crippen molar-refractivity contribution >= 4 is 40.2 Å². The fraction of sp³-hybridized carbons (Fsp3) is 0. The fourth-order valence-electron chi connectivity index (χ4n) is 1.22. The van der Waals surface area contributed by atoms with Gasteiger partial charge in [-0.1, -0.05) is 35.3 Å². The minimum atomic E-state index is 0.562. The molecule has 1 aromatic heterocycles. The van der Waals surface area contributed by atoms with Gasteiger partial charge in [-0.2, -0.15) is 0 Å². The Bertz CT molecular complexity index is 465. The summed E-state index contributed by atoms with van der Waals surface area (Å²) in [7, 11) is 0. The topological polar surface area (TPSA) is 26.0 Å². The molecule has 2 rings (SSSR count). The van der Waals surface area contributed by atoms with Gasteiger partial charge >= 0.3 is 0 Å². The third-order valence-corrected chi connectivity index (χ3v) is 3.62. The first-order valence-corrected chi connectivity index (χ1v) is 5.61. The highest BCUT2D eigenvalue weighted by molar-refractivity contribution is 7.14. The number of hydrogen-bond acceptors (Lipinski definition) is 2. The number of hydrogen-bond donors (Lipinski definition) is 1. The molecule has 1 heterocycles. The van der Waals surface area contributed by atoms with Crippen molar-refractivity contribution in [2.45, 2.75) is 0 Å². The number of nitrogen functional groups attached to an aromatic ring is 1. The Morgan fingerprint density at radius 3 is 2.50 bits per heavy atom. The molecule has 0 atom stereocenters. The third kappa shape index (κ3) is 1.61. The number of halogens is 2. The molecule has 0 saturated heterocycles. The Morgan fingerprint density at radius 1 is 1.07 bits per heavy atom. The van der Waals surface area contributed by atoms with Crippen LogP contribution >= 0.6 is 34.5 Å². The monoisotopic (exact) mass is 243 g/mol. The summed E-state index contributed by atoms with van der Waals surface area (Å²) in [5.74, 6) is 0. The van der Waals surface area contributed by atoms with Gasteiger partial charge < -0.3 is 5.73 Å². The first-order valence-electron chi connectivity index (χ1n) is 3.97. The van der Waals surface area contributed by atoms with E-state index in [1.165, 1.54) is 0 Å². The van der Waals surface area contributed by atoms with Crippen LogP contribution in [-0.4, -0.2) is 0 Å². The predicted octanol–water partition coefficient (Wildman–Crippen LogP) is 4.30. The first-order chi connectivity index (χ1) is 6.70. The summed E-state index contributed by atoms with van der Waals surface area (Å²) in [5, 5.41) is 3.20. The van der Waals surface area contributed by atoms with Crippen LogP contribution < -0.4 is 5.73 Å². The largest absolute Gasteiger partial charge is 0.397 e. The van der Waals surface area contributed by atoms with Gasteiger partial charge in [0.2, 0.25) is 0 Å². The molecule has 0 unspecified atom stereocenters. The van der Waals surface area contributed by atoms with Crippen LogP contribution in [0.2, 0.25) is 10.0 Å². The quantitative estimate of drug-likeness (QED) is 0.743. The minimum absolute atomic E-state index is 0.562. The van der Waals surface area contributed by atoms with Gasteiger partial charge in [-0.3, -0.25) is 0 Å². The highest BCUT2D eigenvalue weighted by Crippen LogP contribution is 2.38. The number of para-hydroxylation sites is 1. The van der Waals surface area contributed by atoms with Crippen LogP contribution in [0.4, 0.5) is 5.69 Å². The Labute approximate surface area is 96.1 Å². The Morgan fingerprint density at radius 2 is 1.86 bits per heavy atom. The molecule has 0 amide bonds. The van der Waals surface area contributed by atoms with E-state index in [0.717, 1.165) is 10.4 Å². The van der Waals surface area contributed by atoms with Gasteiger partial charge in [0.1, 0.15) is 0 Å². The van der Waals surface area contributed by atoms with Crippen LogP contribution in [0, 0.1) is 0 Å². The summed E-state index contributed by atoms with van der Waals surface area (Å²) in [6.07, 6.45) is 0. The molecule has 0 aliphatic heterocycles. The lowest BCUT2D eigenvalue weighted by Crippen LogP contribution is -1.89. The summed E-state index contributed by atoms with van der Waals surface area (Å²) >= 11 is 13.5. The normalized spacial score (nSPS) is 10.4. The molecule has 0 radical (unpaired) electrons. The van der Waals surface area contributed by atoms with Gasteiger partial charge in [0.05, 0.1) is 20.6 Å². The van der Waals surface area contributed by atoms with Gasteiger partial charge in [-0.25, -0.2) is 0 Å². The van der Waals surface area contributed by atoms with Gasteiger partial charge in [0.25, 0.3) is 0 Å². The second-order valence-corrected chi connectivity index (χ2v) is 4.53. The zero-order valence-corrected chi connectivity index (χ0v) is 9.46. The van der Waals surface area contributed by atoms with E-state index >= 15 is 0 Å². The van der Waals surface area contributed by atoms with Crippen LogP contribution in [0.5, 0.6) is 0 Å². The van der Waals surface area contributed by atoms with Crippen molar-refractivity contribution in [2.75, 3.05) is 5.73 Å². The number of thiophene rings is 1. The molecule has 0 aliphatic carbocycles. The Hall–Kier alpha value is -0.700. The number of anilines is 1. The van der Waals surface area contributed by atoms with Crippen LogP contribution in [0.3, 0.4) is 0 Å². The molecular weight excluding hydrogens is 237 g/mol. The lowest BCUT2D eigenvalue weighted by molar-refractivity contribution is 1.67. The van der Waals surface area contributed by atoms with E-state index in [9.17, 15) is 0 Å². The number of benzene rings is 1. The van der Waals surface area contributed by atoms with Crippen molar-refractivity contribution in [3.63, 3.8) is 0 Å². The van der Waals surface area contributed by atoms with Gasteiger partial charge in [-0.15, -0.1) is 11.3 Å². The average molecular weight is 244 g/mol. The van der Waals surface area contributed by atoms with Crippen molar-refractivity contribution in [1.29, 1.82) is 0 Å². The maximum Gasteiger partial charge on any atom is 0.0642 e. The molecule has 1 nitrogen and oxygen atoms in total. The minimum Gasteiger partial charge on any atom is -0.397 e. The number of nitrogens with two attached hydrogens (primary N) is 1. The smallest absolute Gasteiger partial charge is 0.0642 e. The number of rotatable bonds is 1. The summed E-state index contributed by atoms with van der Waals surface area (Å²) in [4.78, 5) is 0.965. The zero-order chi connectivity index (χ0) is 10.1. The second-order valence-electron chi connectivity index (χ2n) is 2.80. The molecular formula is C10H7Cl2NS. The summed E-state index contributed by atoms with van der Waals surface area (Å²) in [6, 6.07) is 7.40. The lowest BCUT2D eigenvalue weighted by atomic mass is 10.1. The lowest BCUT2D eigenvalue weighted by Gasteiger charge is -2.05. The molecule has 2 aromatic rings. The van der Waals surface area contributed by atoms with Crippen molar-refractivity contribution in [3.8, 4) is 10.4 Å². The van der Waals surface area contributed by atoms with Crippen LogP contribution in [-0.2, 0) is 0 Å². The van der Waals surface area contributed by atoms with Crippen molar-refractivity contribution in [3.05, 3.63) is 39.7 Å². The van der Waals surface area contributed by atoms with E-state index in [1.54, 1.807) is 17.4 Å². The maximum atomic E-state index is 6.01. The molecule has 14 heavy (non-hydrogen) atoms. The molecule has 0 saturated carbocycles. The van der Waals surface area contributed by atoms with Gasteiger partial charge in [0.15, 0.2) is 0 Å². The first kappa shape index (κ1) is 9.84. The molecule has 1 aromatic carbocycles. The van der Waals surface area contributed by atoms with Gasteiger partial charge in [-0.05, 0) is 17.5 Å². The Kier molecular flexibility index (Phi) is 2.68. The van der Waals surface area contributed by atoms with Crippen molar-refractivity contribution < 1.29 is 0 Å². The van der Waals surface area contributed by atoms with E-state index in [0.29, 0.717) is 15.7 Å². The zero-order valence-electron chi connectivity index (χ0n) is 7.13. The molecule has 4 heteroatoms. The maximum absolute atomic E-state index is 6.01. The molecule has 0 spiro atoms. The standard InChI is InChI=1S/C10H7Cl2NS/c11-7-3-1-2-6(9(7)13)10-8(12)4-5-14-10/h1-5H,13H2. The molecule has 0 bridgehead atoms. The fourth-order valence-corrected chi connectivity index (χ4v) is 2.59. The SMILES string of the molecule is Nc1c(Cl)cccc1-c1sccc1Cl. The molecule has 0 fully saturated rings. The van der Waals surface area contributed by atoms with Crippen molar-refractivity contribution in [2.24, 2.45) is 0 Å². The average Bonchev–Trinajstić information content (AvgIpc) is 2.57. The van der Waals surface area contributed by atoms with E-state index in [1.807, 2.05) is 23.6 Å². The molecule has 72 valence electrons. The Balaban J connectivity index is 2.63. The van der Waals surface area contributed by atoms with Gasteiger partial charge in [0, 0.05) is 5.56 Å². The van der Waals surface area contributed by atoms with E-state index < -0.39 is 0 Å².